The fourth-order valence-electron chi connectivity index (χ4n) is 2.30. The number of alkyl halides is 17. The number of benzene rings is 1. The van der Waals surface area contributed by atoms with Gasteiger partial charge in [0.1, 0.15) is 11.3 Å². The minimum absolute atomic E-state index is 0.0646. The SMILES string of the molecule is COC(=O)c1ccc(C(=O)OC)c(OC(F)(F)C(F)(Cl)OC(F)(F)C(F)(OC(F)(F)C(F)(F)C(F)(F)F)C(F)(F)F)c1. The van der Waals surface area contributed by atoms with E-state index >= 15 is 0 Å². The van der Waals surface area contributed by atoms with Gasteiger partial charge in [0.25, 0.3) is 0 Å². The Kier molecular flexibility index (Phi) is 9.96. The van der Waals surface area contributed by atoms with E-state index in [2.05, 4.69) is 30.5 Å². The van der Waals surface area contributed by atoms with Crippen LogP contribution in [0.4, 0.5) is 70.2 Å². The molecule has 0 aromatic heterocycles. The van der Waals surface area contributed by atoms with Crippen LogP contribution < -0.4 is 4.74 Å². The lowest BCUT2D eigenvalue weighted by atomic mass is 10.1. The summed E-state index contributed by atoms with van der Waals surface area (Å²) in [5.41, 5.74) is -2.08. The van der Waals surface area contributed by atoms with Gasteiger partial charge in [-0.3, -0.25) is 9.47 Å². The molecule has 0 aliphatic heterocycles. The molecule has 0 N–H and O–H groups in total. The normalized spacial score (nSPS) is 16.7. The molecule has 0 heterocycles. The zero-order valence-electron chi connectivity index (χ0n) is 19.5. The Morgan fingerprint density at radius 1 is 0.643 bits per heavy atom. The van der Waals surface area contributed by atoms with Crippen molar-refractivity contribution >= 4 is 23.5 Å². The van der Waals surface area contributed by atoms with Crippen molar-refractivity contribution in [3.8, 4) is 5.75 Å². The van der Waals surface area contributed by atoms with Crippen LogP contribution in [0.5, 0.6) is 5.75 Å². The van der Waals surface area contributed by atoms with Gasteiger partial charge in [0, 0.05) is 0 Å². The molecule has 1 rings (SSSR count). The number of hydrogen-bond donors (Lipinski definition) is 0. The number of carbonyl (C=O) groups excluding carboxylic acids is 2. The van der Waals surface area contributed by atoms with Crippen LogP contribution in [0, 0.1) is 0 Å². The molecule has 0 saturated carbocycles. The van der Waals surface area contributed by atoms with Gasteiger partial charge in [0.2, 0.25) is 0 Å². The Morgan fingerprint density at radius 2 is 1.12 bits per heavy atom. The Morgan fingerprint density at radius 3 is 1.52 bits per heavy atom. The van der Waals surface area contributed by atoms with Crippen LogP contribution in [0.15, 0.2) is 18.2 Å². The van der Waals surface area contributed by atoms with E-state index in [0.29, 0.717) is 26.4 Å². The highest BCUT2D eigenvalue weighted by Crippen LogP contribution is 2.57. The number of esters is 2. The molecule has 0 aliphatic rings. The van der Waals surface area contributed by atoms with Crippen LogP contribution in [-0.2, 0) is 18.9 Å². The van der Waals surface area contributed by atoms with Gasteiger partial charge in [0.15, 0.2) is 0 Å². The molecule has 0 saturated heterocycles. The maximum absolute atomic E-state index is 14.4. The summed E-state index contributed by atoms with van der Waals surface area (Å²) >= 11 is 4.29. The molecule has 242 valence electrons. The average Bonchev–Trinajstić information content (AvgIpc) is 2.80. The fourth-order valence-corrected chi connectivity index (χ4v) is 2.44. The third-order valence-electron chi connectivity index (χ3n) is 4.37. The standard InChI is InChI=1S/C18H9ClF16O7/c1-38-9(36)6-3-4-7(10(37)39-2)8(5-6)40-18(34,35)13(19,23)42-17(32,33)12(22,15(27,28)29)41-16(30,31)11(20,21)14(24,25)26/h3-5H,1-2H3. The highest BCUT2D eigenvalue weighted by Gasteiger charge is 2.85. The highest BCUT2D eigenvalue weighted by molar-refractivity contribution is 6.22. The van der Waals surface area contributed by atoms with Crippen molar-refractivity contribution in [3.63, 3.8) is 0 Å². The summed E-state index contributed by atoms with van der Waals surface area (Å²) < 4.78 is 229. The largest absolute Gasteiger partial charge is 0.476 e. The summed E-state index contributed by atoms with van der Waals surface area (Å²) in [6.07, 6.45) is -37.6. The topological polar surface area (TPSA) is 80.3 Å². The Bertz CT molecular complexity index is 1170. The number of hydrogen-bond acceptors (Lipinski definition) is 7. The van der Waals surface area contributed by atoms with Crippen LogP contribution >= 0.6 is 11.6 Å². The van der Waals surface area contributed by atoms with E-state index in [4.69, 9.17) is 0 Å². The van der Waals surface area contributed by atoms with E-state index in [-0.39, 0.29) is 6.07 Å². The molecular formula is C18H9ClF16O7. The average molecular weight is 677 g/mol. The van der Waals surface area contributed by atoms with Gasteiger partial charge in [-0.15, -0.1) is 0 Å². The third-order valence-corrected chi connectivity index (χ3v) is 4.67. The van der Waals surface area contributed by atoms with E-state index in [1.54, 1.807) is 0 Å². The second kappa shape index (κ2) is 11.3. The summed E-state index contributed by atoms with van der Waals surface area (Å²) in [7, 11) is 1.28. The van der Waals surface area contributed by atoms with Crippen molar-refractivity contribution in [2.45, 2.75) is 47.8 Å². The molecular weight excluding hydrogens is 668 g/mol. The Balaban J connectivity index is 3.64. The van der Waals surface area contributed by atoms with Crippen LogP contribution in [0.1, 0.15) is 20.7 Å². The van der Waals surface area contributed by atoms with Crippen LogP contribution in [0.2, 0.25) is 0 Å². The lowest BCUT2D eigenvalue weighted by Gasteiger charge is -2.40. The van der Waals surface area contributed by atoms with Crippen LogP contribution in [0.3, 0.4) is 0 Å². The zero-order chi connectivity index (χ0) is 33.5. The molecule has 0 aliphatic carbocycles. The maximum Gasteiger partial charge on any atom is 0.476 e. The Hall–Kier alpha value is -2.95. The minimum Gasteiger partial charge on any atom is -0.465 e. The van der Waals surface area contributed by atoms with Gasteiger partial charge >= 0.3 is 59.7 Å². The Labute approximate surface area is 225 Å². The molecule has 7 nitrogen and oxygen atoms in total. The third kappa shape index (κ3) is 6.82. The van der Waals surface area contributed by atoms with Crippen LogP contribution in [-0.4, -0.2) is 73.9 Å². The summed E-state index contributed by atoms with van der Waals surface area (Å²) in [5, 5.41) is -6.42. The van der Waals surface area contributed by atoms with Crippen molar-refractivity contribution < 1.29 is 104 Å². The highest BCUT2D eigenvalue weighted by atomic mass is 35.5. The number of ether oxygens (including phenoxy) is 5. The zero-order valence-corrected chi connectivity index (χ0v) is 20.3. The second-order valence-electron chi connectivity index (χ2n) is 7.23. The number of methoxy groups -OCH3 is 2. The maximum atomic E-state index is 14.4. The first-order valence-corrected chi connectivity index (χ1v) is 9.94. The predicted octanol–water partition coefficient (Wildman–Crippen LogP) is 6.74. The minimum atomic E-state index is -7.98. The van der Waals surface area contributed by atoms with Crippen molar-refractivity contribution in [1.82, 2.24) is 0 Å². The molecule has 1 aromatic carbocycles. The molecule has 0 fully saturated rings. The van der Waals surface area contributed by atoms with Gasteiger partial charge in [-0.1, -0.05) is 0 Å². The lowest BCUT2D eigenvalue weighted by molar-refractivity contribution is -0.547. The van der Waals surface area contributed by atoms with Gasteiger partial charge < -0.3 is 14.2 Å². The van der Waals surface area contributed by atoms with Gasteiger partial charge in [-0.25, -0.2) is 9.59 Å². The molecule has 0 amide bonds. The molecule has 24 heteroatoms. The fraction of sp³-hybridized carbons (Fsp3) is 0.556. The summed E-state index contributed by atoms with van der Waals surface area (Å²) in [6, 6.07) is 1.10. The van der Waals surface area contributed by atoms with E-state index < -0.39 is 76.6 Å². The van der Waals surface area contributed by atoms with Crippen molar-refractivity contribution in [2.24, 2.45) is 0 Å². The summed E-state index contributed by atoms with van der Waals surface area (Å²) in [4.78, 5) is 23.3. The molecule has 1 aromatic rings. The molecule has 0 spiro atoms. The molecule has 2 unspecified atom stereocenters. The summed E-state index contributed by atoms with van der Waals surface area (Å²) in [5.74, 6) is -20.7. The number of carbonyl (C=O) groups is 2. The quantitative estimate of drug-likeness (QED) is 0.146. The smallest absolute Gasteiger partial charge is 0.465 e. The monoisotopic (exact) mass is 676 g/mol. The lowest BCUT2D eigenvalue weighted by Crippen LogP contribution is -2.67. The van der Waals surface area contributed by atoms with Crippen molar-refractivity contribution in [1.29, 1.82) is 0 Å². The summed E-state index contributed by atoms with van der Waals surface area (Å²) in [6.45, 7) is 0. The number of halogens is 17. The van der Waals surface area contributed by atoms with Gasteiger partial charge in [-0.2, -0.15) is 70.2 Å². The first kappa shape index (κ1) is 37.1. The van der Waals surface area contributed by atoms with Crippen molar-refractivity contribution in [2.75, 3.05) is 14.2 Å². The van der Waals surface area contributed by atoms with E-state index in [1.165, 1.54) is 4.74 Å². The van der Waals surface area contributed by atoms with E-state index in [0.717, 1.165) is 0 Å². The van der Waals surface area contributed by atoms with Crippen LogP contribution in [0.25, 0.3) is 0 Å². The molecule has 0 bridgehead atoms. The van der Waals surface area contributed by atoms with Gasteiger partial charge in [0.05, 0.1) is 19.8 Å². The molecule has 0 radical (unpaired) electrons. The van der Waals surface area contributed by atoms with E-state index in [1.807, 2.05) is 0 Å². The number of rotatable bonds is 11. The molecule has 42 heavy (non-hydrogen) atoms. The second-order valence-corrected chi connectivity index (χ2v) is 7.72. The van der Waals surface area contributed by atoms with Crippen molar-refractivity contribution in [3.05, 3.63) is 29.3 Å². The van der Waals surface area contributed by atoms with E-state index in [9.17, 15) is 79.8 Å². The molecule has 2 atom stereocenters. The first-order chi connectivity index (χ1) is 18.4. The van der Waals surface area contributed by atoms with Gasteiger partial charge in [-0.05, 0) is 29.8 Å². The predicted molar refractivity (Wildman–Crippen MR) is 97.3 cm³/mol. The first-order valence-electron chi connectivity index (χ1n) is 9.56.